The normalized spacial score (nSPS) is 12.6. The molecule has 0 aliphatic heterocycles. The van der Waals surface area contributed by atoms with E-state index in [-0.39, 0.29) is 0 Å². The number of nitrogens with one attached hydrogen (secondary N) is 1. The minimum Gasteiger partial charge on any atom is -0.382 e. The van der Waals surface area contributed by atoms with Gasteiger partial charge in [-0.05, 0) is 31.5 Å². The molecule has 1 unspecified atom stereocenters. The van der Waals surface area contributed by atoms with E-state index in [2.05, 4.69) is 46.4 Å². The first-order valence-electron chi connectivity index (χ1n) is 6.30. The molecule has 0 aliphatic carbocycles. The van der Waals surface area contributed by atoms with Gasteiger partial charge in [-0.2, -0.15) is 0 Å². The summed E-state index contributed by atoms with van der Waals surface area (Å²) in [6, 6.07) is 8.65. The van der Waals surface area contributed by atoms with E-state index in [1.165, 1.54) is 5.56 Å². The van der Waals surface area contributed by atoms with E-state index in [9.17, 15) is 0 Å². The van der Waals surface area contributed by atoms with Gasteiger partial charge in [-0.15, -0.1) is 0 Å². The van der Waals surface area contributed by atoms with Gasteiger partial charge in [0.05, 0.1) is 13.2 Å². The predicted octanol–water partition coefficient (Wildman–Crippen LogP) is 3.15. The second-order valence-electron chi connectivity index (χ2n) is 4.16. The molecule has 0 saturated heterocycles. The van der Waals surface area contributed by atoms with Crippen molar-refractivity contribution in [2.75, 3.05) is 33.5 Å². The lowest BCUT2D eigenvalue weighted by atomic mass is 10.1. The number of rotatable bonds is 9. The molecule has 0 bridgehead atoms. The SMILES string of the molecule is COCCOCCCNC(C)c1ccccc1Br. The van der Waals surface area contributed by atoms with Gasteiger partial charge < -0.3 is 14.8 Å². The van der Waals surface area contributed by atoms with E-state index in [1.54, 1.807) is 7.11 Å². The Morgan fingerprint density at radius 1 is 1.22 bits per heavy atom. The lowest BCUT2D eigenvalue weighted by Gasteiger charge is -2.15. The Kier molecular flexibility index (Phi) is 8.25. The Bertz CT molecular complexity index is 333. The molecule has 4 heteroatoms. The van der Waals surface area contributed by atoms with E-state index in [4.69, 9.17) is 9.47 Å². The summed E-state index contributed by atoms with van der Waals surface area (Å²) in [7, 11) is 1.68. The van der Waals surface area contributed by atoms with Gasteiger partial charge in [0, 0.05) is 24.2 Å². The third kappa shape index (κ3) is 5.96. The molecule has 3 nitrogen and oxygen atoms in total. The summed E-state index contributed by atoms with van der Waals surface area (Å²) in [5, 5.41) is 3.49. The first kappa shape index (κ1) is 15.6. The number of halogens is 1. The summed E-state index contributed by atoms with van der Waals surface area (Å²) in [5.41, 5.74) is 1.29. The van der Waals surface area contributed by atoms with Gasteiger partial charge >= 0.3 is 0 Å². The molecule has 18 heavy (non-hydrogen) atoms. The smallest absolute Gasteiger partial charge is 0.0700 e. The van der Waals surface area contributed by atoms with Crippen molar-refractivity contribution in [1.29, 1.82) is 0 Å². The van der Waals surface area contributed by atoms with Crippen molar-refractivity contribution in [1.82, 2.24) is 5.32 Å². The van der Waals surface area contributed by atoms with Gasteiger partial charge in [0.1, 0.15) is 0 Å². The highest BCUT2D eigenvalue weighted by atomic mass is 79.9. The maximum Gasteiger partial charge on any atom is 0.0700 e. The molecule has 0 amide bonds. The van der Waals surface area contributed by atoms with Crippen molar-refractivity contribution in [2.24, 2.45) is 0 Å². The minimum absolute atomic E-state index is 0.347. The van der Waals surface area contributed by atoms with E-state index >= 15 is 0 Å². The summed E-state index contributed by atoms with van der Waals surface area (Å²) < 4.78 is 11.5. The minimum atomic E-state index is 0.347. The van der Waals surface area contributed by atoms with Crippen LogP contribution in [0.5, 0.6) is 0 Å². The summed E-state index contributed by atoms with van der Waals surface area (Å²) in [6.07, 6.45) is 1.01. The van der Waals surface area contributed by atoms with Crippen LogP contribution in [0.25, 0.3) is 0 Å². The highest BCUT2D eigenvalue weighted by Gasteiger charge is 2.07. The monoisotopic (exact) mass is 315 g/mol. The van der Waals surface area contributed by atoms with Crippen molar-refractivity contribution in [2.45, 2.75) is 19.4 Å². The molecule has 0 spiro atoms. The van der Waals surface area contributed by atoms with Crippen molar-refractivity contribution in [3.8, 4) is 0 Å². The number of methoxy groups -OCH3 is 1. The van der Waals surface area contributed by atoms with E-state index in [0.717, 1.165) is 24.0 Å². The average Bonchev–Trinajstić information content (AvgIpc) is 2.38. The van der Waals surface area contributed by atoms with E-state index in [1.807, 2.05) is 6.07 Å². The lowest BCUT2D eigenvalue weighted by molar-refractivity contribution is 0.0693. The zero-order valence-corrected chi connectivity index (χ0v) is 12.7. The third-order valence-corrected chi connectivity index (χ3v) is 3.44. The van der Waals surface area contributed by atoms with Crippen LogP contribution < -0.4 is 5.32 Å². The molecule has 1 aromatic rings. The first-order chi connectivity index (χ1) is 8.75. The van der Waals surface area contributed by atoms with Crippen LogP contribution in [0.15, 0.2) is 28.7 Å². The summed E-state index contributed by atoms with van der Waals surface area (Å²) in [4.78, 5) is 0. The van der Waals surface area contributed by atoms with Crippen LogP contribution in [-0.2, 0) is 9.47 Å². The average molecular weight is 316 g/mol. The summed E-state index contributed by atoms with van der Waals surface area (Å²) in [6.45, 7) is 5.25. The van der Waals surface area contributed by atoms with Gasteiger partial charge in [-0.1, -0.05) is 34.1 Å². The fourth-order valence-corrected chi connectivity index (χ4v) is 2.30. The van der Waals surface area contributed by atoms with Gasteiger partial charge in [0.25, 0.3) is 0 Å². The number of hydrogen-bond acceptors (Lipinski definition) is 3. The molecule has 0 radical (unpaired) electrons. The van der Waals surface area contributed by atoms with Crippen molar-refractivity contribution < 1.29 is 9.47 Å². The van der Waals surface area contributed by atoms with Crippen molar-refractivity contribution in [3.63, 3.8) is 0 Å². The molecular weight excluding hydrogens is 294 g/mol. The largest absolute Gasteiger partial charge is 0.382 e. The molecule has 1 N–H and O–H groups in total. The number of hydrogen-bond donors (Lipinski definition) is 1. The van der Waals surface area contributed by atoms with E-state index < -0.39 is 0 Å². The maximum atomic E-state index is 5.41. The van der Waals surface area contributed by atoms with Crippen LogP contribution in [0.4, 0.5) is 0 Å². The van der Waals surface area contributed by atoms with Gasteiger partial charge in [0.15, 0.2) is 0 Å². The van der Waals surface area contributed by atoms with Crippen LogP contribution in [0, 0.1) is 0 Å². The fraction of sp³-hybridized carbons (Fsp3) is 0.571. The Morgan fingerprint density at radius 3 is 2.72 bits per heavy atom. The van der Waals surface area contributed by atoms with Gasteiger partial charge in [0.2, 0.25) is 0 Å². The Hall–Kier alpha value is -0.420. The molecule has 0 fully saturated rings. The maximum absolute atomic E-state index is 5.41. The summed E-state index contributed by atoms with van der Waals surface area (Å²) in [5.74, 6) is 0. The molecule has 0 aliphatic rings. The number of ether oxygens (including phenoxy) is 2. The lowest BCUT2D eigenvalue weighted by Crippen LogP contribution is -2.21. The molecule has 1 rings (SSSR count). The van der Waals surface area contributed by atoms with Crippen LogP contribution in [0.3, 0.4) is 0 Å². The second kappa shape index (κ2) is 9.50. The molecule has 0 aromatic heterocycles. The Morgan fingerprint density at radius 2 is 2.00 bits per heavy atom. The van der Waals surface area contributed by atoms with E-state index in [0.29, 0.717) is 19.3 Å². The molecule has 0 saturated carbocycles. The molecule has 1 aromatic carbocycles. The van der Waals surface area contributed by atoms with Crippen molar-refractivity contribution >= 4 is 15.9 Å². The zero-order valence-electron chi connectivity index (χ0n) is 11.1. The quantitative estimate of drug-likeness (QED) is 0.710. The third-order valence-electron chi connectivity index (χ3n) is 2.72. The number of benzene rings is 1. The molecular formula is C14H22BrNO2. The highest BCUT2D eigenvalue weighted by Crippen LogP contribution is 2.22. The van der Waals surface area contributed by atoms with Gasteiger partial charge in [-0.25, -0.2) is 0 Å². The Labute approximate surface area is 118 Å². The van der Waals surface area contributed by atoms with Crippen LogP contribution in [0.1, 0.15) is 24.9 Å². The zero-order chi connectivity index (χ0) is 13.2. The summed E-state index contributed by atoms with van der Waals surface area (Å²) >= 11 is 3.57. The van der Waals surface area contributed by atoms with Crippen LogP contribution in [-0.4, -0.2) is 33.5 Å². The molecule has 1 atom stereocenters. The van der Waals surface area contributed by atoms with Crippen LogP contribution >= 0.6 is 15.9 Å². The topological polar surface area (TPSA) is 30.5 Å². The first-order valence-corrected chi connectivity index (χ1v) is 7.09. The Balaban J connectivity index is 2.14. The molecule has 0 heterocycles. The second-order valence-corrected chi connectivity index (χ2v) is 5.01. The van der Waals surface area contributed by atoms with Gasteiger partial charge in [-0.3, -0.25) is 0 Å². The van der Waals surface area contributed by atoms with Crippen molar-refractivity contribution in [3.05, 3.63) is 34.3 Å². The fourth-order valence-electron chi connectivity index (χ4n) is 1.67. The predicted molar refractivity (Wildman–Crippen MR) is 77.9 cm³/mol. The molecule has 102 valence electrons. The standard InChI is InChI=1S/C14H22BrNO2/c1-12(13-6-3-4-7-14(13)15)16-8-5-9-18-11-10-17-2/h3-4,6-7,12,16H,5,8-11H2,1-2H3. The highest BCUT2D eigenvalue weighted by molar-refractivity contribution is 9.10. The van der Waals surface area contributed by atoms with Crippen LogP contribution in [0.2, 0.25) is 0 Å².